The molecule has 0 aliphatic heterocycles. The number of nitrogens with two attached hydrogens (primary N) is 1. The van der Waals surface area contributed by atoms with Crippen molar-refractivity contribution >= 4 is 0 Å². The second kappa shape index (κ2) is 5.05. The van der Waals surface area contributed by atoms with E-state index >= 15 is 0 Å². The van der Waals surface area contributed by atoms with Gasteiger partial charge in [-0.25, -0.2) is 4.39 Å². The molecule has 5 heteroatoms. The third-order valence-electron chi connectivity index (χ3n) is 2.49. The average Bonchev–Trinajstić information content (AvgIpc) is 2.79. The zero-order valence-corrected chi connectivity index (χ0v) is 9.61. The van der Waals surface area contributed by atoms with E-state index in [0.29, 0.717) is 35.8 Å². The van der Waals surface area contributed by atoms with Gasteiger partial charge in [0.1, 0.15) is 5.82 Å². The SMILES string of the molecule is Cc1ccc(-c2nc(CCCN)no2)cc1F. The van der Waals surface area contributed by atoms with Gasteiger partial charge in [-0.2, -0.15) is 4.98 Å². The first-order valence-electron chi connectivity index (χ1n) is 5.50. The monoisotopic (exact) mass is 235 g/mol. The van der Waals surface area contributed by atoms with Crippen LogP contribution in [0.2, 0.25) is 0 Å². The molecule has 0 radical (unpaired) electrons. The van der Waals surface area contributed by atoms with Crippen LogP contribution in [0, 0.1) is 12.7 Å². The number of rotatable bonds is 4. The molecule has 0 amide bonds. The Morgan fingerprint density at radius 2 is 2.24 bits per heavy atom. The molecule has 2 rings (SSSR count). The van der Waals surface area contributed by atoms with Crippen molar-refractivity contribution in [3.8, 4) is 11.5 Å². The molecule has 2 aromatic rings. The maximum Gasteiger partial charge on any atom is 0.258 e. The summed E-state index contributed by atoms with van der Waals surface area (Å²) >= 11 is 0. The van der Waals surface area contributed by atoms with Gasteiger partial charge in [-0.05, 0) is 37.6 Å². The summed E-state index contributed by atoms with van der Waals surface area (Å²) in [7, 11) is 0. The minimum Gasteiger partial charge on any atom is -0.334 e. The molecule has 0 unspecified atom stereocenters. The van der Waals surface area contributed by atoms with Gasteiger partial charge in [-0.1, -0.05) is 11.2 Å². The molecule has 0 fully saturated rings. The molecule has 0 aliphatic carbocycles. The van der Waals surface area contributed by atoms with E-state index in [2.05, 4.69) is 10.1 Å². The second-order valence-electron chi connectivity index (χ2n) is 3.87. The number of nitrogens with zero attached hydrogens (tertiary/aromatic N) is 2. The smallest absolute Gasteiger partial charge is 0.258 e. The molecule has 0 aliphatic rings. The molecule has 0 saturated heterocycles. The highest BCUT2D eigenvalue weighted by Crippen LogP contribution is 2.20. The molecular formula is C12H14FN3O. The zero-order chi connectivity index (χ0) is 12.3. The van der Waals surface area contributed by atoms with Gasteiger partial charge >= 0.3 is 0 Å². The average molecular weight is 235 g/mol. The predicted octanol–water partition coefficient (Wildman–Crippen LogP) is 2.08. The Labute approximate surface area is 98.6 Å². The summed E-state index contributed by atoms with van der Waals surface area (Å²) in [5.74, 6) is 0.673. The van der Waals surface area contributed by atoms with E-state index in [1.807, 2.05) is 0 Å². The Hall–Kier alpha value is -1.75. The highest BCUT2D eigenvalue weighted by molar-refractivity contribution is 5.53. The van der Waals surface area contributed by atoms with Crippen LogP contribution in [0.3, 0.4) is 0 Å². The molecule has 0 bridgehead atoms. The highest BCUT2D eigenvalue weighted by Gasteiger charge is 2.10. The van der Waals surface area contributed by atoms with Gasteiger partial charge < -0.3 is 10.3 Å². The minimum absolute atomic E-state index is 0.274. The van der Waals surface area contributed by atoms with Crippen LogP contribution in [-0.4, -0.2) is 16.7 Å². The Kier molecular flexibility index (Phi) is 3.49. The maximum absolute atomic E-state index is 13.4. The standard InChI is InChI=1S/C12H14FN3O/c1-8-4-5-9(7-10(8)13)12-15-11(16-17-12)3-2-6-14/h4-5,7H,2-3,6,14H2,1H3. The molecule has 2 N–H and O–H groups in total. The van der Waals surface area contributed by atoms with Gasteiger partial charge in [-0.15, -0.1) is 0 Å². The zero-order valence-electron chi connectivity index (χ0n) is 9.61. The fraction of sp³-hybridized carbons (Fsp3) is 0.333. The van der Waals surface area contributed by atoms with E-state index in [-0.39, 0.29) is 5.82 Å². The largest absolute Gasteiger partial charge is 0.334 e. The van der Waals surface area contributed by atoms with E-state index in [9.17, 15) is 4.39 Å². The van der Waals surface area contributed by atoms with E-state index in [4.69, 9.17) is 10.3 Å². The van der Waals surface area contributed by atoms with Gasteiger partial charge in [0.2, 0.25) is 0 Å². The van der Waals surface area contributed by atoms with Crippen molar-refractivity contribution in [1.29, 1.82) is 0 Å². The lowest BCUT2D eigenvalue weighted by Gasteiger charge is -1.97. The Morgan fingerprint density at radius 3 is 2.94 bits per heavy atom. The van der Waals surface area contributed by atoms with Crippen molar-refractivity contribution in [2.45, 2.75) is 19.8 Å². The van der Waals surface area contributed by atoms with E-state index in [1.165, 1.54) is 6.07 Å². The van der Waals surface area contributed by atoms with Gasteiger partial charge in [0.15, 0.2) is 5.82 Å². The number of halogens is 1. The van der Waals surface area contributed by atoms with Crippen molar-refractivity contribution < 1.29 is 8.91 Å². The summed E-state index contributed by atoms with van der Waals surface area (Å²) < 4.78 is 18.4. The summed E-state index contributed by atoms with van der Waals surface area (Å²) in [6.45, 7) is 2.29. The molecule has 1 aromatic carbocycles. The maximum atomic E-state index is 13.4. The van der Waals surface area contributed by atoms with Gasteiger partial charge in [0.05, 0.1) is 0 Å². The first-order chi connectivity index (χ1) is 8.20. The molecule has 0 saturated carbocycles. The Bertz CT molecular complexity index is 510. The molecule has 0 spiro atoms. The van der Waals surface area contributed by atoms with Crippen LogP contribution >= 0.6 is 0 Å². The number of hydrogen-bond donors (Lipinski definition) is 1. The minimum atomic E-state index is -0.274. The third-order valence-corrected chi connectivity index (χ3v) is 2.49. The Balaban J connectivity index is 2.21. The van der Waals surface area contributed by atoms with Crippen LogP contribution in [0.4, 0.5) is 4.39 Å². The lowest BCUT2D eigenvalue weighted by molar-refractivity contribution is 0.421. The summed E-state index contributed by atoms with van der Waals surface area (Å²) in [6, 6.07) is 4.85. The number of benzene rings is 1. The molecule has 1 aromatic heterocycles. The first kappa shape index (κ1) is 11.7. The van der Waals surface area contributed by atoms with Crippen molar-refractivity contribution in [3.63, 3.8) is 0 Å². The molecular weight excluding hydrogens is 221 g/mol. The lowest BCUT2D eigenvalue weighted by Crippen LogP contribution is -2.01. The normalized spacial score (nSPS) is 10.8. The van der Waals surface area contributed by atoms with E-state index in [1.54, 1.807) is 19.1 Å². The molecule has 1 heterocycles. The van der Waals surface area contributed by atoms with Crippen molar-refractivity contribution in [1.82, 2.24) is 10.1 Å². The van der Waals surface area contributed by atoms with Crippen LogP contribution in [0.1, 0.15) is 17.8 Å². The van der Waals surface area contributed by atoms with E-state index < -0.39 is 0 Å². The summed E-state index contributed by atoms with van der Waals surface area (Å²) in [5.41, 5.74) is 6.59. The van der Waals surface area contributed by atoms with Crippen LogP contribution in [0.25, 0.3) is 11.5 Å². The van der Waals surface area contributed by atoms with E-state index in [0.717, 1.165) is 6.42 Å². The van der Waals surface area contributed by atoms with Gasteiger partial charge in [0.25, 0.3) is 5.89 Å². The van der Waals surface area contributed by atoms with Crippen LogP contribution < -0.4 is 5.73 Å². The first-order valence-corrected chi connectivity index (χ1v) is 5.50. The Morgan fingerprint density at radius 1 is 1.41 bits per heavy atom. The van der Waals surface area contributed by atoms with Gasteiger partial charge in [-0.3, -0.25) is 0 Å². The number of aromatic nitrogens is 2. The predicted molar refractivity (Wildman–Crippen MR) is 61.8 cm³/mol. The third kappa shape index (κ3) is 2.68. The van der Waals surface area contributed by atoms with Crippen molar-refractivity contribution in [3.05, 3.63) is 35.4 Å². The van der Waals surface area contributed by atoms with Gasteiger partial charge in [0, 0.05) is 12.0 Å². The molecule has 90 valence electrons. The highest BCUT2D eigenvalue weighted by atomic mass is 19.1. The fourth-order valence-electron chi connectivity index (χ4n) is 1.46. The van der Waals surface area contributed by atoms with Crippen LogP contribution in [0.15, 0.2) is 22.7 Å². The van der Waals surface area contributed by atoms with Crippen molar-refractivity contribution in [2.75, 3.05) is 6.54 Å². The summed E-state index contributed by atoms with van der Waals surface area (Å²) in [6.07, 6.45) is 1.48. The molecule has 4 nitrogen and oxygen atoms in total. The summed E-state index contributed by atoms with van der Waals surface area (Å²) in [5, 5.41) is 3.82. The topological polar surface area (TPSA) is 64.9 Å². The second-order valence-corrected chi connectivity index (χ2v) is 3.87. The summed E-state index contributed by atoms with van der Waals surface area (Å²) in [4.78, 5) is 4.19. The van der Waals surface area contributed by atoms with Crippen molar-refractivity contribution in [2.24, 2.45) is 5.73 Å². The molecule has 0 atom stereocenters. The quantitative estimate of drug-likeness (QED) is 0.881. The molecule has 17 heavy (non-hydrogen) atoms. The lowest BCUT2D eigenvalue weighted by atomic mass is 10.1. The number of hydrogen-bond acceptors (Lipinski definition) is 4. The number of aryl methyl sites for hydroxylation is 2. The van der Waals surface area contributed by atoms with Crippen LogP contribution in [0.5, 0.6) is 0 Å². The fourth-order valence-corrected chi connectivity index (χ4v) is 1.46. The van der Waals surface area contributed by atoms with Crippen LogP contribution in [-0.2, 0) is 6.42 Å².